The quantitative estimate of drug-likeness (QED) is 0.831. The van der Waals surface area contributed by atoms with Gasteiger partial charge in [-0.1, -0.05) is 19.1 Å². The highest BCUT2D eigenvalue weighted by Crippen LogP contribution is 2.21. The van der Waals surface area contributed by atoms with Gasteiger partial charge in [-0.15, -0.1) is 0 Å². The number of oxazole rings is 1. The van der Waals surface area contributed by atoms with Gasteiger partial charge in [-0.3, -0.25) is 0 Å². The van der Waals surface area contributed by atoms with Crippen LogP contribution >= 0.6 is 12.2 Å². The molecule has 20 heavy (non-hydrogen) atoms. The van der Waals surface area contributed by atoms with E-state index in [1.807, 2.05) is 6.92 Å². The molecule has 0 fully saturated rings. The third kappa shape index (κ3) is 2.93. The smallest absolute Gasteiger partial charge is 0.213 e. The van der Waals surface area contributed by atoms with Crippen LogP contribution in [0.5, 0.6) is 0 Å². The topological polar surface area (TPSA) is 64.1 Å². The van der Waals surface area contributed by atoms with E-state index in [2.05, 4.69) is 22.5 Å². The maximum absolute atomic E-state index is 13.8. The third-order valence-corrected chi connectivity index (χ3v) is 2.95. The number of hydrogen-bond donors (Lipinski definition) is 2. The fourth-order valence-electron chi connectivity index (χ4n) is 1.64. The van der Waals surface area contributed by atoms with Crippen molar-refractivity contribution in [3.05, 3.63) is 47.2 Å². The third-order valence-electron chi connectivity index (χ3n) is 2.73. The monoisotopic (exact) mass is 297 g/mol. The van der Waals surface area contributed by atoms with Crippen LogP contribution in [0.25, 0.3) is 0 Å². The van der Waals surface area contributed by atoms with Gasteiger partial charge in [0.1, 0.15) is 10.7 Å². The Kier molecular flexibility index (Phi) is 4.29. The van der Waals surface area contributed by atoms with Crippen LogP contribution in [-0.2, 0) is 13.0 Å². The van der Waals surface area contributed by atoms with Crippen LogP contribution in [0.15, 0.2) is 22.7 Å². The van der Waals surface area contributed by atoms with Crippen molar-refractivity contribution < 1.29 is 13.2 Å². The molecule has 1 heterocycles. The highest BCUT2D eigenvalue weighted by molar-refractivity contribution is 7.80. The van der Waals surface area contributed by atoms with Gasteiger partial charge in [0.05, 0.1) is 18.4 Å². The first-order chi connectivity index (χ1) is 9.52. The molecule has 106 valence electrons. The largest absolute Gasteiger partial charge is 0.444 e. The van der Waals surface area contributed by atoms with Gasteiger partial charge in [-0.2, -0.15) is 0 Å². The number of nitrogens with zero attached hydrogens (tertiary/aromatic N) is 1. The summed E-state index contributed by atoms with van der Waals surface area (Å²) in [5, 5.41) is 2.72. The van der Waals surface area contributed by atoms with Gasteiger partial charge in [0.2, 0.25) is 5.89 Å². The Morgan fingerprint density at radius 3 is 2.75 bits per heavy atom. The molecule has 4 nitrogen and oxygen atoms in total. The second-order valence-corrected chi connectivity index (χ2v) is 4.52. The summed E-state index contributed by atoms with van der Waals surface area (Å²) in [6, 6.07) is 2.70. The van der Waals surface area contributed by atoms with Gasteiger partial charge < -0.3 is 15.5 Å². The summed E-state index contributed by atoms with van der Waals surface area (Å²) in [6.07, 6.45) is 2.32. The molecule has 2 aromatic rings. The number of nitrogens with one attached hydrogen (secondary N) is 1. The Balaban J connectivity index is 2.14. The van der Waals surface area contributed by atoms with E-state index >= 15 is 0 Å². The molecular formula is C13H13F2N3OS. The van der Waals surface area contributed by atoms with Crippen LogP contribution in [0.4, 0.5) is 14.5 Å². The fourth-order valence-corrected chi connectivity index (χ4v) is 1.80. The van der Waals surface area contributed by atoms with E-state index in [1.165, 1.54) is 12.1 Å². The molecule has 0 atom stereocenters. The number of halogens is 2. The summed E-state index contributed by atoms with van der Waals surface area (Å²) >= 11 is 4.64. The van der Waals surface area contributed by atoms with Crippen molar-refractivity contribution in [1.82, 2.24) is 4.98 Å². The molecule has 0 saturated carbocycles. The zero-order chi connectivity index (χ0) is 14.7. The van der Waals surface area contributed by atoms with Gasteiger partial charge in [0.15, 0.2) is 11.6 Å². The van der Waals surface area contributed by atoms with E-state index < -0.39 is 11.6 Å². The predicted molar refractivity (Wildman–Crippen MR) is 75.5 cm³/mol. The molecule has 1 aromatic carbocycles. The van der Waals surface area contributed by atoms with Crippen LogP contribution in [-0.4, -0.2) is 9.97 Å². The number of rotatable bonds is 5. The van der Waals surface area contributed by atoms with E-state index in [-0.39, 0.29) is 22.8 Å². The maximum atomic E-state index is 13.8. The number of thiocarbonyl (C=S) groups is 1. The molecule has 7 heteroatoms. The summed E-state index contributed by atoms with van der Waals surface area (Å²) in [7, 11) is 0. The molecule has 0 aliphatic rings. The first kappa shape index (κ1) is 14.4. The predicted octanol–water partition coefficient (Wildman–Crippen LogP) is 2.76. The van der Waals surface area contributed by atoms with Crippen molar-refractivity contribution >= 4 is 22.9 Å². The van der Waals surface area contributed by atoms with Gasteiger partial charge >= 0.3 is 0 Å². The number of aromatic nitrogens is 1. The Labute approximate surface area is 120 Å². The molecule has 2 rings (SSSR count). The van der Waals surface area contributed by atoms with Crippen molar-refractivity contribution in [2.24, 2.45) is 5.73 Å². The van der Waals surface area contributed by atoms with Crippen molar-refractivity contribution in [2.75, 3.05) is 5.32 Å². The zero-order valence-corrected chi connectivity index (χ0v) is 11.6. The molecule has 0 aliphatic carbocycles. The number of nitrogens with two attached hydrogens (primary N) is 1. The summed E-state index contributed by atoms with van der Waals surface area (Å²) in [5.74, 6) is -0.959. The number of hydrogen-bond acceptors (Lipinski definition) is 4. The Bertz CT molecular complexity index is 643. The molecule has 0 amide bonds. The van der Waals surface area contributed by atoms with Crippen molar-refractivity contribution in [1.29, 1.82) is 0 Å². The molecule has 0 radical (unpaired) electrons. The Morgan fingerprint density at radius 2 is 2.15 bits per heavy atom. The molecular weight excluding hydrogens is 284 g/mol. The van der Waals surface area contributed by atoms with Gasteiger partial charge in [-0.05, 0) is 12.1 Å². The number of benzene rings is 1. The van der Waals surface area contributed by atoms with Crippen LogP contribution in [0.2, 0.25) is 0 Å². The maximum Gasteiger partial charge on any atom is 0.213 e. The molecule has 0 saturated heterocycles. The average molecular weight is 297 g/mol. The average Bonchev–Trinajstić information content (AvgIpc) is 2.88. The standard InChI is InChI=1S/C13H13F2N3OS/c1-2-7-5-18-10(19-7)6-17-9-4-3-8(13(16)20)11(14)12(9)15/h3-5,17H,2,6H2,1H3,(H2,16,20). The number of aryl methyl sites for hydroxylation is 1. The molecule has 0 unspecified atom stereocenters. The first-order valence-corrected chi connectivity index (χ1v) is 6.39. The zero-order valence-electron chi connectivity index (χ0n) is 10.7. The summed E-state index contributed by atoms with van der Waals surface area (Å²) < 4.78 is 32.8. The minimum Gasteiger partial charge on any atom is -0.444 e. The van der Waals surface area contributed by atoms with Crippen molar-refractivity contribution in [3.8, 4) is 0 Å². The molecule has 3 N–H and O–H groups in total. The SMILES string of the molecule is CCc1cnc(CNc2ccc(C(N)=S)c(F)c2F)o1. The van der Waals surface area contributed by atoms with E-state index in [9.17, 15) is 8.78 Å². The number of anilines is 1. The van der Waals surface area contributed by atoms with Crippen molar-refractivity contribution in [2.45, 2.75) is 19.9 Å². The lowest BCUT2D eigenvalue weighted by Crippen LogP contribution is -2.14. The van der Waals surface area contributed by atoms with Crippen molar-refractivity contribution in [3.63, 3.8) is 0 Å². The van der Waals surface area contributed by atoms with Gasteiger partial charge in [-0.25, -0.2) is 13.8 Å². The minimum atomic E-state index is -1.07. The van der Waals surface area contributed by atoms with Gasteiger partial charge in [0, 0.05) is 12.0 Å². The Morgan fingerprint density at radius 1 is 1.40 bits per heavy atom. The van der Waals surface area contributed by atoms with E-state index in [0.717, 1.165) is 12.2 Å². The molecule has 0 aliphatic heterocycles. The summed E-state index contributed by atoms with van der Waals surface area (Å²) in [6.45, 7) is 2.09. The summed E-state index contributed by atoms with van der Waals surface area (Å²) in [4.78, 5) is 3.83. The lowest BCUT2D eigenvalue weighted by molar-refractivity contribution is 0.464. The van der Waals surface area contributed by atoms with Crippen LogP contribution in [0, 0.1) is 11.6 Å². The van der Waals surface area contributed by atoms with Crippen LogP contribution in [0.1, 0.15) is 24.1 Å². The van der Waals surface area contributed by atoms with Crippen LogP contribution < -0.4 is 11.1 Å². The molecule has 0 bridgehead atoms. The highest BCUT2D eigenvalue weighted by atomic mass is 32.1. The highest BCUT2D eigenvalue weighted by Gasteiger charge is 2.15. The molecule has 1 aromatic heterocycles. The normalized spacial score (nSPS) is 10.6. The van der Waals surface area contributed by atoms with E-state index in [4.69, 9.17) is 10.2 Å². The lowest BCUT2D eigenvalue weighted by atomic mass is 10.2. The minimum absolute atomic E-state index is 0.00116. The first-order valence-electron chi connectivity index (χ1n) is 5.98. The Hall–Kier alpha value is -2.02. The lowest BCUT2D eigenvalue weighted by Gasteiger charge is -2.08. The van der Waals surface area contributed by atoms with Crippen LogP contribution in [0.3, 0.4) is 0 Å². The second kappa shape index (κ2) is 5.96. The van der Waals surface area contributed by atoms with E-state index in [1.54, 1.807) is 6.20 Å². The second-order valence-electron chi connectivity index (χ2n) is 4.08. The fraction of sp³-hybridized carbons (Fsp3) is 0.231. The van der Waals surface area contributed by atoms with E-state index in [0.29, 0.717) is 5.89 Å². The summed E-state index contributed by atoms with van der Waals surface area (Å²) in [5.41, 5.74) is 5.18. The molecule has 0 spiro atoms. The van der Waals surface area contributed by atoms with Gasteiger partial charge in [0.25, 0.3) is 0 Å².